The van der Waals surface area contributed by atoms with Gasteiger partial charge in [-0.3, -0.25) is 4.90 Å². The van der Waals surface area contributed by atoms with Crippen molar-refractivity contribution in [1.82, 2.24) is 20.4 Å². The van der Waals surface area contributed by atoms with Gasteiger partial charge in [0.1, 0.15) is 5.58 Å². The van der Waals surface area contributed by atoms with Gasteiger partial charge in [0, 0.05) is 35.6 Å². The van der Waals surface area contributed by atoms with Crippen molar-refractivity contribution < 1.29 is 8.94 Å². The molecule has 4 rings (SSSR count). The number of nitrogens with one attached hydrogen (secondary N) is 1. The molecular formula is C16H18Cl2N4O2. The van der Waals surface area contributed by atoms with E-state index in [1.807, 2.05) is 19.1 Å². The number of hydrogen-bond donors (Lipinski definition) is 1. The number of likely N-dealkylation sites (N-methyl/N-ethyl adjacent to an activating group) is 1. The van der Waals surface area contributed by atoms with E-state index in [1.54, 1.807) is 6.07 Å². The molecule has 1 fully saturated rings. The molecule has 1 N–H and O–H groups in total. The smallest absolute Gasteiger partial charge is 0.294 e. The molecule has 1 aliphatic heterocycles. The Morgan fingerprint density at radius 2 is 2.21 bits per heavy atom. The summed E-state index contributed by atoms with van der Waals surface area (Å²) in [7, 11) is 2.07. The molecule has 0 radical (unpaired) electrons. The van der Waals surface area contributed by atoms with Crippen molar-refractivity contribution in [3.05, 3.63) is 34.6 Å². The Labute approximate surface area is 150 Å². The van der Waals surface area contributed by atoms with Gasteiger partial charge < -0.3 is 14.3 Å². The van der Waals surface area contributed by atoms with Crippen LogP contribution in [-0.4, -0.2) is 41.7 Å². The lowest BCUT2D eigenvalue weighted by Crippen LogP contribution is -2.44. The van der Waals surface area contributed by atoms with Crippen LogP contribution in [0.3, 0.4) is 0 Å². The zero-order valence-electron chi connectivity index (χ0n) is 13.4. The minimum Gasteiger partial charge on any atom is -0.451 e. The Hall–Kier alpha value is -1.60. The molecule has 1 aromatic carbocycles. The molecule has 0 aliphatic carbocycles. The van der Waals surface area contributed by atoms with Crippen molar-refractivity contribution in [1.29, 1.82) is 0 Å². The number of nitrogens with zero attached hydrogens (tertiary/aromatic N) is 3. The van der Waals surface area contributed by atoms with Gasteiger partial charge in [-0.05, 0) is 32.2 Å². The van der Waals surface area contributed by atoms with E-state index in [2.05, 4.69) is 27.4 Å². The molecule has 2 aromatic heterocycles. The number of aryl methyl sites for hydroxylation is 1. The number of fused-ring (bicyclic) bond motifs is 1. The van der Waals surface area contributed by atoms with Gasteiger partial charge in [0.15, 0.2) is 11.6 Å². The predicted molar refractivity (Wildman–Crippen MR) is 94.7 cm³/mol. The van der Waals surface area contributed by atoms with Gasteiger partial charge in [0.2, 0.25) is 0 Å². The average Bonchev–Trinajstić information content (AvgIpc) is 3.13. The molecule has 1 saturated heterocycles. The van der Waals surface area contributed by atoms with Crippen LogP contribution in [0.25, 0.3) is 22.6 Å². The quantitative estimate of drug-likeness (QED) is 0.747. The Balaban J connectivity index is 0.00000169. The van der Waals surface area contributed by atoms with Gasteiger partial charge in [0.25, 0.3) is 5.89 Å². The lowest BCUT2D eigenvalue weighted by atomic mass is 10.1. The maximum atomic E-state index is 6.06. The van der Waals surface area contributed by atoms with Crippen LogP contribution in [-0.2, 0) is 0 Å². The molecule has 1 atom stereocenters. The summed E-state index contributed by atoms with van der Waals surface area (Å²) in [6.07, 6.45) is 0. The summed E-state index contributed by atoms with van der Waals surface area (Å²) >= 11 is 6.06. The van der Waals surface area contributed by atoms with Gasteiger partial charge in [-0.1, -0.05) is 16.8 Å². The highest BCUT2D eigenvalue weighted by Crippen LogP contribution is 2.34. The van der Waals surface area contributed by atoms with Gasteiger partial charge in [0.05, 0.1) is 6.04 Å². The molecule has 128 valence electrons. The molecule has 6 nitrogen and oxygen atoms in total. The zero-order valence-corrected chi connectivity index (χ0v) is 14.9. The number of furan rings is 1. The first kappa shape index (κ1) is 17.2. The van der Waals surface area contributed by atoms with Crippen molar-refractivity contribution in [3.63, 3.8) is 0 Å². The van der Waals surface area contributed by atoms with Gasteiger partial charge in [-0.2, -0.15) is 4.98 Å². The molecule has 8 heteroatoms. The fraction of sp³-hybridized carbons (Fsp3) is 0.375. The molecule has 1 unspecified atom stereocenters. The van der Waals surface area contributed by atoms with Crippen LogP contribution in [0.2, 0.25) is 5.02 Å². The molecule has 24 heavy (non-hydrogen) atoms. The Morgan fingerprint density at radius 1 is 1.38 bits per heavy atom. The number of rotatable bonds is 2. The number of hydrogen-bond acceptors (Lipinski definition) is 6. The van der Waals surface area contributed by atoms with E-state index in [0.717, 1.165) is 36.2 Å². The Morgan fingerprint density at radius 3 is 3.00 bits per heavy atom. The number of aromatic nitrogens is 2. The SMILES string of the molecule is Cc1c(-c2nc(C3CNCCN3C)no2)oc2ccc(Cl)cc12.Cl. The first-order valence-corrected chi connectivity index (χ1v) is 7.95. The van der Waals surface area contributed by atoms with E-state index in [-0.39, 0.29) is 18.4 Å². The monoisotopic (exact) mass is 368 g/mol. The van der Waals surface area contributed by atoms with Gasteiger partial charge >= 0.3 is 0 Å². The summed E-state index contributed by atoms with van der Waals surface area (Å²) in [5.41, 5.74) is 1.71. The molecular weight excluding hydrogens is 351 g/mol. The van der Waals surface area contributed by atoms with Crippen LogP contribution in [0.1, 0.15) is 17.4 Å². The number of benzene rings is 1. The number of halogens is 2. The first-order chi connectivity index (χ1) is 11.1. The van der Waals surface area contributed by atoms with Crippen molar-refractivity contribution in [2.75, 3.05) is 26.7 Å². The van der Waals surface area contributed by atoms with E-state index in [0.29, 0.717) is 22.5 Å². The Kier molecular flexibility index (Phi) is 4.83. The number of piperazine rings is 1. The minimum absolute atomic E-state index is 0. The molecule has 3 heterocycles. The Bertz CT molecular complexity index is 861. The maximum absolute atomic E-state index is 6.06. The molecule has 3 aromatic rings. The van der Waals surface area contributed by atoms with Crippen LogP contribution < -0.4 is 5.32 Å². The fourth-order valence-electron chi connectivity index (χ4n) is 2.95. The van der Waals surface area contributed by atoms with Crippen LogP contribution in [0, 0.1) is 6.92 Å². The first-order valence-electron chi connectivity index (χ1n) is 7.57. The summed E-state index contributed by atoms with van der Waals surface area (Å²) in [4.78, 5) is 6.77. The summed E-state index contributed by atoms with van der Waals surface area (Å²) < 4.78 is 11.3. The van der Waals surface area contributed by atoms with Crippen LogP contribution >= 0.6 is 24.0 Å². The zero-order chi connectivity index (χ0) is 16.0. The molecule has 0 amide bonds. The summed E-state index contributed by atoms with van der Waals surface area (Å²) in [5.74, 6) is 1.68. The summed E-state index contributed by atoms with van der Waals surface area (Å²) in [5, 5.41) is 9.13. The second-order valence-electron chi connectivity index (χ2n) is 5.85. The normalized spacial score (nSPS) is 18.7. The van der Waals surface area contributed by atoms with E-state index >= 15 is 0 Å². The summed E-state index contributed by atoms with van der Waals surface area (Å²) in [6.45, 7) is 4.71. The van der Waals surface area contributed by atoms with Crippen molar-refractivity contribution in [3.8, 4) is 11.7 Å². The van der Waals surface area contributed by atoms with Crippen LogP contribution in [0.4, 0.5) is 0 Å². The van der Waals surface area contributed by atoms with Crippen molar-refractivity contribution in [2.24, 2.45) is 0 Å². The second-order valence-corrected chi connectivity index (χ2v) is 6.29. The topological polar surface area (TPSA) is 67.3 Å². The van der Waals surface area contributed by atoms with Crippen molar-refractivity contribution >= 4 is 35.0 Å². The lowest BCUT2D eigenvalue weighted by molar-refractivity contribution is 0.190. The van der Waals surface area contributed by atoms with Crippen molar-refractivity contribution in [2.45, 2.75) is 13.0 Å². The highest BCUT2D eigenvalue weighted by Gasteiger charge is 2.27. The van der Waals surface area contributed by atoms with Crippen LogP contribution in [0.5, 0.6) is 0 Å². The maximum Gasteiger partial charge on any atom is 0.294 e. The third kappa shape index (κ3) is 2.91. The average molecular weight is 369 g/mol. The highest BCUT2D eigenvalue weighted by atomic mass is 35.5. The second kappa shape index (κ2) is 6.72. The minimum atomic E-state index is 0. The molecule has 0 bridgehead atoms. The van der Waals surface area contributed by atoms with E-state index < -0.39 is 0 Å². The largest absolute Gasteiger partial charge is 0.451 e. The van der Waals surface area contributed by atoms with E-state index in [1.165, 1.54) is 0 Å². The third-order valence-electron chi connectivity index (χ3n) is 4.34. The lowest BCUT2D eigenvalue weighted by Gasteiger charge is -2.30. The fourth-order valence-corrected chi connectivity index (χ4v) is 3.13. The highest BCUT2D eigenvalue weighted by molar-refractivity contribution is 6.31. The third-order valence-corrected chi connectivity index (χ3v) is 4.58. The predicted octanol–water partition coefficient (Wildman–Crippen LogP) is 3.44. The van der Waals surface area contributed by atoms with E-state index in [9.17, 15) is 0 Å². The summed E-state index contributed by atoms with van der Waals surface area (Å²) in [6, 6.07) is 5.65. The van der Waals surface area contributed by atoms with Crippen LogP contribution in [0.15, 0.2) is 27.1 Å². The van der Waals surface area contributed by atoms with Gasteiger partial charge in [-0.25, -0.2) is 0 Å². The van der Waals surface area contributed by atoms with Gasteiger partial charge in [-0.15, -0.1) is 12.4 Å². The molecule has 0 saturated carbocycles. The molecule has 0 spiro atoms. The standard InChI is InChI=1S/C16H17ClN4O2.ClH/c1-9-11-7-10(17)3-4-13(11)22-14(9)16-19-15(20-23-16)12-8-18-5-6-21(12)2;/h3-4,7,12,18H,5-6,8H2,1-2H3;1H. The molecule has 1 aliphatic rings. The van der Waals surface area contributed by atoms with E-state index in [4.69, 9.17) is 20.5 Å².